The van der Waals surface area contributed by atoms with Crippen LogP contribution in [0.4, 0.5) is 4.39 Å². The van der Waals surface area contributed by atoms with Crippen molar-refractivity contribution in [2.75, 3.05) is 13.2 Å². The van der Waals surface area contributed by atoms with E-state index in [1.807, 2.05) is 0 Å². The number of rotatable bonds is 3. The van der Waals surface area contributed by atoms with Crippen molar-refractivity contribution in [1.29, 1.82) is 0 Å². The molecular weight excluding hydrogens is 253 g/mol. The Kier molecular flexibility index (Phi) is 4.03. The fraction of sp³-hybridized carbons (Fsp3) is 0.222. The Morgan fingerprint density at radius 1 is 1.57 bits per heavy atom. The van der Waals surface area contributed by atoms with E-state index in [9.17, 15) is 9.18 Å². The Morgan fingerprint density at radius 2 is 2.29 bits per heavy atom. The fourth-order valence-corrected chi connectivity index (χ4v) is 1.30. The largest absolute Gasteiger partial charge is 0.395 e. The molecule has 0 radical (unpaired) electrons. The first-order valence-corrected chi connectivity index (χ1v) is 4.78. The third kappa shape index (κ3) is 2.78. The van der Waals surface area contributed by atoms with Crippen molar-refractivity contribution in [3.63, 3.8) is 0 Å². The zero-order valence-corrected chi connectivity index (χ0v) is 8.84. The Balaban J connectivity index is 2.83. The maximum absolute atomic E-state index is 13.1. The van der Waals surface area contributed by atoms with Crippen molar-refractivity contribution in [2.24, 2.45) is 0 Å². The smallest absolute Gasteiger partial charge is 0.254 e. The first-order chi connectivity index (χ1) is 6.65. The van der Waals surface area contributed by atoms with E-state index in [-0.39, 0.29) is 18.7 Å². The normalized spacial score (nSPS) is 9.93. The average Bonchev–Trinajstić information content (AvgIpc) is 2.18. The SMILES string of the molecule is O=C(NCCO)c1cc(Br)ccc1F. The molecule has 1 rings (SSSR count). The van der Waals surface area contributed by atoms with Crippen LogP contribution in [0, 0.1) is 5.82 Å². The van der Waals surface area contributed by atoms with Crippen molar-refractivity contribution in [2.45, 2.75) is 0 Å². The first kappa shape index (κ1) is 11.1. The highest BCUT2D eigenvalue weighted by Gasteiger charge is 2.10. The van der Waals surface area contributed by atoms with Crippen molar-refractivity contribution >= 4 is 21.8 Å². The third-order valence-corrected chi connectivity index (χ3v) is 2.06. The van der Waals surface area contributed by atoms with E-state index >= 15 is 0 Å². The van der Waals surface area contributed by atoms with Crippen molar-refractivity contribution in [1.82, 2.24) is 5.32 Å². The van der Waals surface area contributed by atoms with Crippen LogP contribution in [0.5, 0.6) is 0 Å². The molecule has 0 aliphatic heterocycles. The van der Waals surface area contributed by atoms with Crippen molar-refractivity contribution in [3.8, 4) is 0 Å². The van der Waals surface area contributed by atoms with Gasteiger partial charge in [-0.2, -0.15) is 0 Å². The van der Waals surface area contributed by atoms with E-state index in [1.54, 1.807) is 0 Å². The predicted octanol–water partition coefficient (Wildman–Crippen LogP) is 1.31. The lowest BCUT2D eigenvalue weighted by Gasteiger charge is -2.04. The van der Waals surface area contributed by atoms with Gasteiger partial charge < -0.3 is 10.4 Å². The number of hydrogen-bond donors (Lipinski definition) is 2. The molecule has 1 amide bonds. The number of amides is 1. The molecule has 0 saturated heterocycles. The molecule has 76 valence electrons. The Labute approximate surface area is 89.1 Å². The maximum Gasteiger partial charge on any atom is 0.254 e. The molecule has 0 atom stereocenters. The fourth-order valence-electron chi connectivity index (χ4n) is 0.936. The number of halogens is 2. The molecule has 0 aromatic heterocycles. The summed E-state index contributed by atoms with van der Waals surface area (Å²) >= 11 is 3.14. The third-order valence-electron chi connectivity index (χ3n) is 1.57. The van der Waals surface area contributed by atoms with Crippen molar-refractivity contribution in [3.05, 3.63) is 34.1 Å². The highest BCUT2D eigenvalue weighted by atomic mass is 79.9. The molecule has 14 heavy (non-hydrogen) atoms. The average molecular weight is 262 g/mol. The van der Waals surface area contributed by atoms with E-state index in [1.165, 1.54) is 18.2 Å². The molecule has 0 spiro atoms. The topological polar surface area (TPSA) is 49.3 Å². The van der Waals surface area contributed by atoms with Gasteiger partial charge in [0, 0.05) is 11.0 Å². The molecule has 1 aromatic rings. The van der Waals surface area contributed by atoms with Crippen LogP contribution in [0.3, 0.4) is 0 Å². The molecule has 0 aliphatic carbocycles. The minimum Gasteiger partial charge on any atom is -0.395 e. The van der Waals surface area contributed by atoms with E-state index in [2.05, 4.69) is 21.2 Å². The first-order valence-electron chi connectivity index (χ1n) is 3.99. The summed E-state index contributed by atoms with van der Waals surface area (Å²) in [4.78, 5) is 11.3. The standard InChI is InChI=1S/C9H9BrFNO2/c10-6-1-2-8(11)7(5-6)9(14)12-3-4-13/h1-2,5,13H,3-4H2,(H,12,14). The molecule has 0 saturated carbocycles. The molecule has 5 heteroatoms. The minimum absolute atomic E-state index is 0.0344. The molecule has 0 bridgehead atoms. The molecule has 2 N–H and O–H groups in total. The lowest BCUT2D eigenvalue weighted by atomic mass is 10.2. The van der Waals surface area contributed by atoms with Gasteiger partial charge in [0.25, 0.3) is 5.91 Å². The Hall–Kier alpha value is -0.940. The van der Waals surface area contributed by atoms with Crippen LogP contribution in [-0.2, 0) is 0 Å². The highest BCUT2D eigenvalue weighted by Crippen LogP contribution is 2.15. The number of aliphatic hydroxyl groups is 1. The van der Waals surface area contributed by atoms with Gasteiger partial charge in [-0.05, 0) is 18.2 Å². The molecule has 0 unspecified atom stereocenters. The number of carbonyl (C=O) groups excluding carboxylic acids is 1. The van der Waals surface area contributed by atoms with E-state index in [0.29, 0.717) is 4.47 Å². The van der Waals surface area contributed by atoms with Crippen LogP contribution >= 0.6 is 15.9 Å². The second-order valence-electron chi connectivity index (χ2n) is 2.60. The maximum atomic E-state index is 13.1. The minimum atomic E-state index is -0.580. The zero-order chi connectivity index (χ0) is 10.6. The molecule has 0 heterocycles. The summed E-state index contributed by atoms with van der Waals surface area (Å²) in [6, 6.07) is 4.11. The van der Waals surface area contributed by atoms with Crippen LogP contribution in [-0.4, -0.2) is 24.2 Å². The quantitative estimate of drug-likeness (QED) is 0.862. The lowest BCUT2D eigenvalue weighted by molar-refractivity contribution is 0.0940. The molecule has 0 fully saturated rings. The predicted molar refractivity (Wildman–Crippen MR) is 53.5 cm³/mol. The monoisotopic (exact) mass is 261 g/mol. The van der Waals surface area contributed by atoms with Crippen LogP contribution in [0.15, 0.2) is 22.7 Å². The van der Waals surface area contributed by atoms with Crippen LogP contribution in [0.25, 0.3) is 0 Å². The Morgan fingerprint density at radius 3 is 2.93 bits per heavy atom. The Bertz CT molecular complexity index is 344. The number of nitrogens with one attached hydrogen (secondary N) is 1. The summed E-state index contributed by atoms with van der Waals surface area (Å²) in [5.74, 6) is -1.11. The van der Waals surface area contributed by atoms with Gasteiger partial charge in [-0.15, -0.1) is 0 Å². The summed E-state index contributed by atoms with van der Waals surface area (Å²) in [7, 11) is 0. The van der Waals surface area contributed by atoms with Gasteiger partial charge in [-0.25, -0.2) is 4.39 Å². The highest BCUT2D eigenvalue weighted by molar-refractivity contribution is 9.10. The molecule has 3 nitrogen and oxygen atoms in total. The zero-order valence-electron chi connectivity index (χ0n) is 7.26. The summed E-state index contributed by atoms with van der Waals surface area (Å²) in [5.41, 5.74) is -0.0344. The summed E-state index contributed by atoms with van der Waals surface area (Å²) in [6.07, 6.45) is 0. The summed E-state index contributed by atoms with van der Waals surface area (Å²) in [6.45, 7) is -0.0495. The van der Waals surface area contributed by atoms with Crippen LogP contribution in [0.1, 0.15) is 10.4 Å². The van der Waals surface area contributed by atoms with Gasteiger partial charge in [0.15, 0.2) is 0 Å². The summed E-state index contributed by atoms with van der Waals surface area (Å²) < 4.78 is 13.7. The number of benzene rings is 1. The van der Waals surface area contributed by atoms with Gasteiger partial charge in [0.05, 0.1) is 12.2 Å². The number of carbonyl (C=O) groups is 1. The van der Waals surface area contributed by atoms with E-state index in [0.717, 1.165) is 0 Å². The van der Waals surface area contributed by atoms with Gasteiger partial charge >= 0.3 is 0 Å². The van der Waals surface area contributed by atoms with Crippen LogP contribution < -0.4 is 5.32 Å². The number of hydrogen-bond acceptors (Lipinski definition) is 2. The van der Waals surface area contributed by atoms with Crippen molar-refractivity contribution < 1.29 is 14.3 Å². The van der Waals surface area contributed by atoms with Gasteiger partial charge in [-0.3, -0.25) is 4.79 Å². The van der Waals surface area contributed by atoms with Crippen LogP contribution in [0.2, 0.25) is 0 Å². The lowest BCUT2D eigenvalue weighted by Crippen LogP contribution is -2.27. The van der Waals surface area contributed by atoms with Gasteiger partial charge in [0.1, 0.15) is 5.82 Å². The van der Waals surface area contributed by atoms with Gasteiger partial charge in [0.2, 0.25) is 0 Å². The van der Waals surface area contributed by atoms with E-state index < -0.39 is 11.7 Å². The second kappa shape index (κ2) is 5.07. The molecule has 0 aliphatic rings. The van der Waals surface area contributed by atoms with Gasteiger partial charge in [-0.1, -0.05) is 15.9 Å². The molecular formula is C9H9BrFNO2. The molecule has 1 aromatic carbocycles. The van der Waals surface area contributed by atoms with E-state index in [4.69, 9.17) is 5.11 Å². The summed E-state index contributed by atoms with van der Waals surface area (Å²) in [5, 5.41) is 10.8. The second-order valence-corrected chi connectivity index (χ2v) is 3.52. The number of aliphatic hydroxyl groups excluding tert-OH is 1.